The van der Waals surface area contributed by atoms with Crippen molar-refractivity contribution >= 4 is 17.6 Å². The number of carbonyl (C=O) groups excluding carboxylic acids is 1. The lowest BCUT2D eigenvalue weighted by Gasteiger charge is -2.10. The molecule has 0 radical (unpaired) electrons. The first kappa shape index (κ1) is 18.1. The molecular weight excluding hydrogens is 286 g/mol. The van der Waals surface area contributed by atoms with Gasteiger partial charge in [0.25, 0.3) is 0 Å². The Labute approximate surface area is 130 Å². The van der Waals surface area contributed by atoms with Crippen molar-refractivity contribution in [2.45, 2.75) is 39.4 Å². The summed E-state index contributed by atoms with van der Waals surface area (Å²) < 4.78 is 10.4. The summed E-state index contributed by atoms with van der Waals surface area (Å²) in [6.45, 7) is 4.69. The van der Waals surface area contributed by atoms with Crippen LogP contribution >= 0.6 is 0 Å². The first-order valence-corrected chi connectivity index (χ1v) is 7.20. The van der Waals surface area contributed by atoms with Gasteiger partial charge in [0.05, 0.1) is 18.3 Å². The second-order valence-corrected chi connectivity index (χ2v) is 5.23. The third-order valence-corrected chi connectivity index (χ3v) is 2.83. The molecule has 0 aromatic heterocycles. The largest absolute Gasteiger partial charge is 0.478 e. The Morgan fingerprint density at radius 2 is 2.00 bits per heavy atom. The molecule has 0 aliphatic carbocycles. The number of amides is 1. The molecule has 1 aromatic rings. The van der Waals surface area contributed by atoms with E-state index in [9.17, 15) is 9.59 Å². The van der Waals surface area contributed by atoms with Crippen LogP contribution < -0.4 is 5.32 Å². The molecule has 22 heavy (non-hydrogen) atoms. The summed E-state index contributed by atoms with van der Waals surface area (Å²) in [5, 5.41) is 11.8. The standard InChI is InChI=1S/C16H23NO5/c1-11(2)22-6-4-5-15(18)17-14-8-12(10-21-3)7-13(9-14)16(19)20/h7-9,11H,4-6,10H2,1-3H3,(H,17,18)(H,19,20). The molecule has 1 amide bonds. The molecule has 0 saturated heterocycles. The summed E-state index contributed by atoms with van der Waals surface area (Å²) in [6.07, 6.45) is 1.09. The molecule has 6 heteroatoms. The molecule has 6 nitrogen and oxygen atoms in total. The van der Waals surface area contributed by atoms with Gasteiger partial charge in [-0.05, 0) is 44.0 Å². The highest BCUT2D eigenvalue weighted by Crippen LogP contribution is 2.16. The van der Waals surface area contributed by atoms with Crippen LogP contribution in [0.3, 0.4) is 0 Å². The predicted molar refractivity (Wildman–Crippen MR) is 83.1 cm³/mol. The van der Waals surface area contributed by atoms with Crippen molar-refractivity contribution in [1.29, 1.82) is 0 Å². The van der Waals surface area contributed by atoms with Crippen molar-refractivity contribution < 1.29 is 24.2 Å². The van der Waals surface area contributed by atoms with Crippen LogP contribution in [0.1, 0.15) is 42.6 Å². The lowest BCUT2D eigenvalue weighted by Crippen LogP contribution is -2.14. The predicted octanol–water partition coefficient (Wildman–Crippen LogP) is 2.67. The minimum atomic E-state index is -1.04. The Balaban J connectivity index is 2.63. The Kier molecular flexibility index (Phi) is 7.56. The molecule has 0 fully saturated rings. The summed E-state index contributed by atoms with van der Waals surface area (Å²) in [5.41, 5.74) is 1.27. The number of ether oxygens (including phenoxy) is 2. The molecule has 0 unspecified atom stereocenters. The average molecular weight is 309 g/mol. The normalized spacial score (nSPS) is 10.7. The fourth-order valence-corrected chi connectivity index (χ4v) is 1.91. The minimum absolute atomic E-state index is 0.119. The first-order chi connectivity index (χ1) is 10.4. The number of benzene rings is 1. The summed E-state index contributed by atoms with van der Waals surface area (Å²) >= 11 is 0. The van der Waals surface area contributed by atoms with Crippen LogP contribution in [0.25, 0.3) is 0 Å². The van der Waals surface area contributed by atoms with Crippen LogP contribution in [-0.4, -0.2) is 36.8 Å². The minimum Gasteiger partial charge on any atom is -0.478 e. The average Bonchev–Trinajstić information content (AvgIpc) is 2.43. The van der Waals surface area contributed by atoms with E-state index in [2.05, 4.69) is 5.32 Å². The summed E-state index contributed by atoms with van der Waals surface area (Å²) in [5.74, 6) is -1.21. The molecule has 0 atom stereocenters. The van der Waals surface area contributed by atoms with E-state index in [0.717, 1.165) is 0 Å². The highest BCUT2D eigenvalue weighted by Gasteiger charge is 2.09. The smallest absolute Gasteiger partial charge is 0.335 e. The van der Waals surface area contributed by atoms with Gasteiger partial charge in [-0.1, -0.05) is 0 Å². The first-order valence-electron chi connectivity index (χ1n) is 7.20. The Bertz CT molecular complexity index is 513. The molecule has 0 spiro atoms. The maximum Gasteiger partial charge on any atom is 0.335 e. The van der Waals surface area contributed by atoms with Crippen molar-refractivity contribution in [2.75, 3.05) is 19.0 Å². The van der Waals surface area contributed by atoms with Crippen molar-refractivity contribution in [1.82, 2.24) is 0 Å². The molecule has 122 valence electrons. The van der Waals surface area contributed by atoms with E-state index < -0.39 is 5.97 Å². The van der Waals surface area contributed by atoms with Crippen molar-refractivity contribution in [2.24, 2.45) is 0 Å². The fraction of sp³-hybridized carbons (Fsp3) is 0.500. The highest BCUT2D eigenvalue weighted by molar-refractivity contribution is 5.94. The number of hydrogen-bond acceptors (Lipinski definition) is 4. The van der Waals surface area contributed by atoms with Gasteiger partial charge in [0.15, 0.2) is 0 Å². The van der Waals surface area contributed by atoms with E-state index in [1.165, 1.54) is 19.2 Å². The van der Waals surface area contributed by atoms with Gasteiger partial charge in [0, 0.05) is 25.8 Å². The quantitative estimate of drug-likeness (QED) is 0.685. The number of rotatable bonds is 9. The molecular formula is C16H23NO5. The van der Waals surface area contributed by atoms with Crippen LogP contribution in [0.5, 0.6) is 0 Å². The van der Waals surface area contributed by atoms with E-state index in [1.807, 2.05) is 13.8 Å². The van der Waals surface area contributed by atoms with Crippen molar-refractivity contribution in [3.05, 3.63) is 29.3 Å². The van der Waals surface area contributed by atoms with Crippen LogP contribution in [0.4, 0.5) is 5.69 Å². The molecule has 0 bridgehead atoms. The SMILES string of the molecule is COCc1cc(NC(=O)CCCOC(C)C)cc(C(=O)O)c1. The maximum absolute atomic E-state index is 11.9. The summed E-state index contributed by atoms with van der Waals surface area (Å²) in [7, 11) is 1.53. The van der Waals surface area contributed by atoms with Crippen LogP contribution in [-0.2, 0) is 20.9 Å². The van der Waals surface area contributed by atoms with Crippen molar-refractivity contribution in [3.8, 4) is 0 Å². The number of carboxylic acid groups (broad SMARTS) is 1. The number of anilines is 1. The topological polar surface area (TPSA) is 84.9 Å². The van der Waals surface area contributed by atoms with Crippen LogP contribution in [0.2, 0.25) is 0 Å². The zero-order valence-corrected chi connectivity index (χ0v) is 13.2. The van der Waals surface area contributed by atoms with Gasteiger partial charge < -0.3 is 19.9 Å². The molecule has 0 aliphatic rings. The van der Waals surface area contributed by atoms with E-state index in [1.54, 1.807) is 6.07 Å². The second-order valence-electron chi connectivity index (χ2n) is 5.23. The van der Waals surface area contributed by atoms with Gasteiger partial charge in [-0.2, -0.15) is 0 Å². The number of aromatic carboxylic acids is 1. The Morgan fingerprint density at radius 3 is 2.59 bits per heavy atom. The summed E-state index contributed by atoms with van der Waals surface area (Å²) in [4.78, 5) is 23.0. The zero-order chi connectivity index (χ0) is 16.5. The molecule has 1 rings (SSSR count). The third-order valence-electron chi connectivity index (χ3n) is 2.83. The molecule has 0 aliphatic heterocycles. The molecule has 2 N–H and O–H groups in total. The van der Waals surface area contributed by atoms with Gasteiger partial charge in [0.1, 0.15) is 0 Å². The fourth-order valence-electron chi connectivity index (χ4n) is 1.91. The zero-order valence-electron chi connectivity index (χ0n) is 13.2. The van der Waals surface area contributed by atoms with Crippen LogP contribution in [0, 0.1) is 0 Å². The van der Waals surface area contributed by atoms with Gasteiger partial charge in [-0.3, -0.25) is 4.79 Å². The van der Waals surface area contributed by atoms with Gasteiger partial charge >= 0.3 is 5.97 Å². The Hall–Kier alpha value is -1.92. The number of carbonyl (C=O) groups is 2. The lowest BCUT2D eigenvalue weighted by atomic mass is 10.1. The second kappa shape index (κ2) is 9.17. The van der Waals surface area contributed by atoms with Crippen LogP contribution in [0.15, 0.2) is 18.2 Å². The third kappa shape index (κ3) is 6.69. The monoisotopic (exact) mass is 309 g/mol. The maximum atomic E-state index is 11.9. The molecule has 0 heterocycles. The number of hydrogen-bond donors (Lipinski definition) is 2. The van der Waals surface area contributed by atoms with E-state index in [0.29, 0.717) is 30.7 Å². The Morgan fingerprint density at radius 1 is 1.27 bits per heavy atom. The highest BCUT2D eigenvalue weighted by atomic mass is 16.5. The summed E-state index contributed by atoms with van der Waals surface area (Å²) in [6, 6.07) is 4.67. The van der Waals surface area contributed by atoms with E-state index in [4.69, 9.17) is 14.6 Å². The van der Waals surface area contributed by atoms with E-state index in [-0.39, 0.29) is 24.2 Å². The van der Waals surface area contributed by atoms with Crippen molar-refractivity contribution in [3.63, 3.8) is 0 Å². The molecule has 0 saturated carbocycles. The van der Waals surface area contributed by atoms with Gasteiger partial charge in [-0.15, -0.1) is 0 Å². The number of methoxy groups -OCH3 is 1. The number of nitrogens with one attached hydrogen (secondary N) is 1. The van der Waals surface area contributed by atoms with Gasteiger partial charge in [-0.25, -0.2) is 4.79 Å². The molecule has 1 aromatic carbocycles. The lowest BCUT2D eigenvalue weighted by molar-refractivity contribution is -0.116. The van der Waals surface area contributed by atoms with E-state index >= 15 is 0 Å². The van der Waals surface area contributed by atoms with Gasteiger partial charge in [0.2, 0.25) is 5.91 Å². The number of carboxylic acids is 1.